The smallest absolute Gasteiger partial charge is 0.224 e. The fourth-order valence-electron chi connectivity index (χ4n) is 2.62. The SMILES string of the molecule is CN(CCc1cccs1)c1cc2c(cc1N)CCC(=O)N2. The fourth-order valence-corrected chi connectivity index (χ4v) is 3.32. The zero-order valence-corrected chi connectivity index (χ0v) is 12.9. The van der Waals surface area contributed by atoms with Crippen LogP contribution in [-0.2, 0) is 17.6 Å². The quantitative estimate of drug-likeness (QED) is 0.854. The van der Waals surface area contributed by atoms with Crippen molar-refractivity contribution in [1.29, 1.82) is 0 Å². The van der Waals surface area contributed by atoms with Crippen LogP contribution in [0.2, 0.25) is 0 Å². The van der Waals surface area contributed by atoms with Crippen LogP contribution in [-0.4, -0.2) is 19.5 Å². The zero-order valence-electron chi connectivity index (χ0n) is 12.1. The topological polar surface area (TPSA) is 58.4 Å². The summed E-state index contributed by atoms with van der Waals surface area (Å²) >= 11 is 1.77. The van der Waals surface area contributed by atoms with Crippen molar-refractivity contribution in [3.63, 3.8) is 0 Å². The molecule has 0 radical (unpaired) electrons. The summed E-state index contributed by atoms with van der Waals surface area (Å²) in [6.07, 6.45) is 2.31. The van der Waals surface area contributed by atoms with E-state index in [1.165, 1.54) is 4.88 Å². The third kappa shape index (κ3) is 3.03. The predicted molar refractivity (Wildman–Crippen MR) is 89.1 cm³/mol. The van der Waals surface area contributed by atoms with Gasteiger partial charge in [-0.05, 0) is 42.0 Å². The van der Waals surface area contributed by atoms with E-state index in [0.717, 1.165) is 42.0 Å². The fraction of sp³-hybridized carbons (Fsp3) is 0.312. The lowest BCUT2D eigenvalue weighted by Gasteiger charge is -2.25. The van der Waals surface area contributed by atoms with Crippen LogP contribution in [0.1, 0.15) is 16.9 Å². The second-order valence-corrected chi connectivity index (χ2v) is 6.40. The number of amides is 1. The number of nitrogen functional groups attached to an aromatic ring is 1. The van der Waals surface area contributed by atoms with Crippen molar-refractivity contribution in [2.45, 2.75) is 19.3 Å². The molecule has 1 amide bonds. The van der Waals surface area contributed by atoms with Gasteiger partial charge in [-0.1, -0.05) is 6.07 Å². The lowest BCUT2D eigenvalue weighted by atomic mass is 10.0. The lowest BCUT2D eigenvalue weighted by molar-refractivity contribution is -0.116. The van der Waals surface area contributed by atoms with E-state index in [1.807, 2.05) is 19.2 Å². The summed E-state index contributed by atoms with van der Waals surface area (Å²) in [6, 6.07) is 8.21. The first-order chi connectivity index (χ1) is 10.1. The van der Waals surface area contributed by atoms with E-state index in [-0.39, 0.29) is 5.91 Å². The summed E-state index contributed by atoms with van der Waals surface area (Å²) in [5.41, 5.74) is 9.96. The number of carbonyl (C=O) groups excluding carboxylic acids is 1. The maximum absolute atomic E-state index is 11.5. The van der Waals surface area contributed by atoms with Gasteiger partial charge in [0.2, 0.25) is 5.91 Å². The molecular weight excluding hydrogens is 282 g/mol. The number of carbonyl (C=O) groups is 1. The third-order valence-electron chi connectivity index (χ3n) is 3.83. The number of benzene rings is 1. The molecule has 0 unspecified atom stereocenters. The number of hydrogen-bond acceptors (Lipinski definition) is 4. The summed E-state index contributed by atoms with van der Waals surface area (Å²) in [5.74, 6) is 0.0828. The third-order valence-corrected chi connectivity index (χ3v) is 4.77. The first-order valence-electron chi connectivity index (χ1n) is 7.09. The molecule has 0 fully saturated rings. The van der Waals surface area contributed by atoms with E-state index in [2.05, 4.69) is 27.7 Å². The van der Waals surface area contributed by atoms with Crippen molar-refractivity contribution in [3.8, 4) is 0 Å². The molecule has 4 nitrogen and oxygen atoms in total. The molecule has 5 heteroatoms. The van der Waals surface area contributed by atoms with Gasteiger partial charge in [0.05, 0.1) is 11.4 Å². The highest BCUT2D eigenvalue weighted by Gasteiger charge is 2.18. The lowest BCUT2D eigenvalue weighted by Crippen LogP contribution is -2.23. The molecule has 1 aromatic carbocycles. The monoisotopic (exact) mass is 301 g/mol. The summed E-state index contributed by atoms with van der Waals surface area (Å²) in [7, 11) is 2.04. The molecule has 1 aliphatic heterocycles. The van der Waals surface area contributed by atoms with Crippen molar-refractivity contribution >= 4 is 34.3 Å². The molecule has 3 N–H and O–H groups in total. The highest BCUT2D eigenvalue weighted by atomic mass is 32.1. The molecule has 2 heterocycles. The second kappa shape index (κ2) is 5.77. The number of nitrogens with one attached hydrogen (secondary N) is 1. The number of thiophene rings is 1. The normalized spacial score (nSPS) is 13.7. The van der Waals surface area contributed by atoms with Crippen LogP contribution in [0, 0.1) is 0 Å². The number of likely N-dealkylation sites (N-methyl/N-ethyl adjacent to an activating group) is 1. The number of nitrogens with zero attached hydrogens (tertiary/aromatic N) is 1. The Morgan fingerprint density at radius 1 is 1.38 bits per heavy atom. The number of hydrogen-bond donors (Lipinski definition) is 2. The molecule has 110 valence electrons. The van der Waals surface area contributed by atoms with E-state index >= 15 is 0 Å². The van der Waals surface area contributed by atoms with E-state index in [0.29, 0.717) is 6.42 Å². The van der Waals surface area contributed by atoms with Crippen molar-refractivity contribution in [1.82, 2.24) is 0 Å². The van der Waals surface area contributed by atoms with Gasteiger partial charge in [0, 0.05) is 30.6 Å². The summed E-state index contributed by atoms with van der Waals surface area (Å²) in [5, 5.41) is 5.03. The minimum absolute atomic E-state index is 0.0828. The van der Waals surface area contributed by atoms with Crippen LogP contribution in [0.3, 0.4) is 0 Å². The van der Waals surface area contributed by atoms with Crippen LogP contribution in [0.15, 0.2) is 29.6 Å². The van der Waals surface area contributed by atoms with Gasteiger partial charge in [0.15, 0.2) is 0 Å². The molecule has 1 aromatic heterocycles. The highest BCUT2D eigenvalue weighted by molar-refractivity contribution is 7.09. The minimum atomic E-state index is 0.0828. The first-order valence-corrected chi connectivity index (χ1v) is 7.97. The maximum Gasteiger partial charge on any atom is 0.224 e. The van der Waals surface area contributed by atoms with Crippen molar-refractivity contribution in [3.05, 3.63) is 40.1 Å². The van der Waals surface area contributed by atoms with Gasteiger partial charge in [0.25, 0.3) is 0 Å². The molecule has 0 atom stereocenters. The molecular formula is C16H19N3OS. The van der Waals surface area contributed by atoms with Crippen molar-refractivity contribution in [2.24, 2.45) is 0 Å². The number of nitrogens with two attached hydrogens (primary N) is 1. The number of fused-ring (bicyclic) bond motifs is 1. The summed E-state index contributed by atoms with van der Waals surface area (Å²) in [6.45, 7) is 0.900. The number of anilines is 3. The van der Waals surface area contributed by atoms with Crippen LogP contribution in [0.4, 0.5) is 17.1 Å². The molecule has 0 bridgehead atoms. The van der Waals surface area contributed by atoms with Gasteiger partial charge in [-0.15, -0.1) is 11.3 Å². The molecule has 3 rings (SSSR count). The largest absolute Gasteiger partial charge is 0.397 e. The number of aryl methyl sites for hydroxylation is 1. The Morgan fingerprint density at radius 3 is 3.00 bits per heavy atom. The maximum atomic E-state index is 11.5. The molecule has 1 aliphatic rings. The Kier molecular flexibility index (Phi) is 3.84. The molecule has 0 saturated carbocycles. The average Bonchev–Trinajstić information content (AvgIpc) is 2.98. The first kappa shape index (κ1) is 13.9. The predicted octanol–water partition coefficient (Wildman–Crippen LogP) is 2.89. The Bertz CT molecular complexity index is 652. The Balaban J connectivity index is 1.77. The van der Waals surface area contributed by atoms with Gasteiger partial charge >= 0.3 is 0 Å². The highest BCUT2D eigenvalue weighted by Crippen LogP contribution is 2.33. The van der Waals surface area contributed by atoms with Crippen LogP contribution < -0.4 is 16.0 Å². The van der Waals surface area contributed by atoms with Crippen LogP contribution in [0.5, 0.6) is 0 Å². The van der Waals surface area contributed by atoms with Gasteiger partial charge in [-0.2, -0.15) is 0 Å². The standard InChI is InChI=1S/C16H19N3OS/c1-19(7-6-12-3-2-8-21-12)15-10-14-11(9-13(15)17)4-5-16(20)18-14/h2-3,8-10H,4-7,17H2,1H3,(H,18,20). The minimum Gasteiger partial charge on any atom is -0.397 e. The van der Waals surface area contributed by atoms with Gasteiger partial charge in [0.1, 0.15) is 0 Å². The Morgan fingerprint density at radius 2 is 2.24 bits per heavy atom. The van der Waals surface area contributed by atoms with E-state index in [1.54, 1.807) is 11.3 Å². The zero-order chi connectivity index (χ0) is 14.8. The summed E-state index contributed by atoms with van der Waals surface area (Å²) < 4.78 is 0. The molecule has 0 saturated heterocycles. The molecule has 21 heavy (non-hydrogen) atoms. The van der Waals surface area contributed by atoms with E-state index in [9.17, 15) is 4.79 Å². The molecule has 0 aliphatic carbocycles. The van der Waals surface area contributed by atoms with Gasteiger partial charge in [-0.3, -0.25) is 4.79 Å². The van der Waals surface area contributed by atoms with Crippen LogP contribution in [0.25, 0.3) is 0 Å². The number of rotatable bonds is 4. The Hall–Kier alpha value is -2.01. The van der Waals surface area contributed by atoms with Gasteiger partial charge in [-0.25, -0.2) is 0 Å². The average molecular weight is 301 g/mol. The van der Waals surface area contributed by atoms with Gasteiger partial charge < -0.3 is 16.0 Å². The Labute approximate surface area is 128 Å². The van der Waals surface area contributed by atoms with Crippen LogP contribution >= 0.6 is 11.3 Å². The van der Waals surface area contributed by atoms with Crippen molar-refractivity contribution < 1.29 is 4.79 Å². The molecule has 0 spiro atoms. The second-order valence-electron chi connectivity index (χ2n) is 5.37. The molecule has 2 aromatic rings. The van der Waals surface area contributed by atoms with Crippen molar-refractivity contribution in [2.75, 3.05) is 29.5 Å². The van der Waals surface area contributed by atoms with E-state index < -0.39 is 0 Å². The van der Waals surface area contributed by atoms with E-state index in [4.69, 9.17) is 5.73 Å². The summed E-state index contributed by atoms with van der Waals surface area (Å²) in [4.78, 5) is 15.0.